The Balaban J connectivity index is -0.0000000992. The van der Waals surface area contributed by atoms with E-state index >= 15 is 0 Å². The summed E-state index contributed by atoms with van der Waals surface area (Å²) in [6.07, 6.45) is -79.3. The van der Waals surface area contributed by atoms with Crippen molar-refractivity contribution in [3.8, 4) is 0 Å². The van der Waals surface area contributed by atoms with Gasteiger partial charge in [0.05, 0.1) is 89.9 Å². The van der Waals surface area contributed by atoms with E-state index in [-0.39, 0.29) is 206 Å². The van der Waals surface area contributed by atoms with E-state index in [1.165, 1.54) is 0 Å². The van der Waals surface area contributed by atoms with E-state index in [2.05, 4.69) is 0 Å². The third kappa shape index (κ3) is 69.3. The second-order valence-electron chi connectivity index (χ2n) is 25.1. The van der Waals surface area contributed by atoms with Crippen molar-refractivity contribution in [1.82, 2.24) is 0 Å². The summed E-state index contributed by atoms with van der Waals surface area (Å²) in [6.45, 7) is -8.51. The maximum Gasteiger partial charge on any atom is 1.00 e. The normalized spacial score (nSPS) is 19.8. The number of hydrogen-bond acceptors (Lipinski definition) is 64. The summed E-state index contributed by atoms with van der Waals surface area (Å²) in [5.74, 6) is -18.3. The molecule has 0 aromatic rings. The van der Waals surface area contributed by atoms with Crippen molar-refractivity contribution < 1.29 is 560 Å². The van der Waals surface area contributed by atoms with Crippen molar-refractivity contribution in [3.63, 3.8) is 0 Å². The minimum Gasteiger partial charge on any atom is -0.547 e. The van der Waals surface area contributed by atoms with E-state index in [0.29, 0.717) is 0 Å². The second-order valence-corrected chi connectivity index (χ2v) is 25.1. The number of carboxylic acid groups (broad SMARTS) is 10. The molecule has 0 spiro atoms. The number of hydrogen-bond donors (Lipinski definition) is 56. The van der Waals surface area contributed by atoms with E-state index < -0.39 is 370 Å². The van der Waals surface area contributed by atoms with Gasteiger partial charge in [-0.25, -0.2) is 28.8 Å². The Bertz CT molecular complexity index is 2360. The van der Waals surface area contributed by atoms with Gasteiger partial charge < -0.3 is 326 Å². The van der Waals surface area contributed by atoms with Crippen LogP contribution < -0.4 is 226 Å². The number of carboxylic acids is 10. The molecule has 0 aliphatic carbocycles. The van der Waals surface area contributed by atoms with Gasteiger partial charge in [0.15, 0.2) is 36.6 Å². The predicted octanol–water partition coefficient (Wildman–Crippen LogP) is -52.3. The summed E-state index contributed by atoms with van der Waals surface area (Å²) >= 11 is 0. The molecular formula is C60H116K4O70. The van der Waals surface area contributed by atoms with Crippen LogP contribution in [0.25, 0.3) is 0 Å². The molecule has 0 aromatic heterocycles. The molecule has 0 bridgehead atoms. The van der Waals surface area contributed by atoms with E-state index in [4.69, 9.17) is 286 Å². The molecule has 134 heavy (non-hydrogen) atoms. The van der Waals surface area contributed by atoms with Gasteiger partial charge in [-0.05, 0) is 0 Å². The zero-order chi connectivity index (χ0) is 106. The number of carbonyl (C=O) groups excluding carboxylic acids is 4. The van der Waals surface area contributed by atoms with E-state index in [1.54, 1.807) is 0 Å². The molecule has 0 saturated heterocycles. The molecule has 0 aliphatic rings. The molecule has 0 amide bonds. The van der Waals surface area contributed by atoms with Crippen LogP contribution in [0.3, 0.4) is 0 Å². The predicted molar refractivity (Wildman–Crippen MR) is 377 cm³/mol. The quantitative estimate of drug-likeness (QED) is 0.0252. The van der Waals surface area contributed by atoms with Crippen LogP contribution in [0.4, 0.5) is 0 Å². The first-order chi connectivity index (χ1) is 59.1. The molecule has 0 saturated carbocycles. The zero-order valence-corrected chi connectivity index (χ0v) is 82.4. The van der Waals surface area contributed by atoms with Crippen molar-refractivity contribution in [2.75, 3.05) is 66.1 Å². The Morgan fingerprint density at radius 1 is 0.134 bits per heavy atom. The van der Waals surface area contributed by atoms with Crippen molar-refractivity contribution >= 4 is 59.7 Å². The first-order valence-corrected chi connectivity index (χ1v) is 34.7. The van der Waals surface area contributed by atoms with Crippen LogP contribution in [-0.2, 0) is 47.9 Å². The smallest absolute Gasteiger partial charge is 0.547 e. The van der Waals surface area contributed by atoms with Crippen LogP contribution in [0.2, 0.25) is 0 Å². The maximum atomic E-state index is 10.1. The largest absolute Gasteiger partial charge is 1.00 e. The Hall–Kier alpha value is -0.755. The number of aliphatic carboxylic acids is 10. The average molecular weight is 2110 g/mol. The molecule has 0 fully saturated rings. The van der Waals surface area contributed by atoms with Crippen LogP contribution in [0.15, 0.2) is 0 Å². The summed E-state index contributed by atoms with van der Waals surface area (Å²) < 4.78 is 0. The van der Waals surface area contributed by atoms with Gasteiger partial charge in [-0.1, -0.05) is 0 Å². The molecule has 74 heteroatoms. The fourth-order valence-electron chi connectivity index (χ4n) is 6.66. The molecule has 0 unspecified atom stereocenters. The van der Waals surface area contributed by atoms with Crippen molar-refractivity contribution in [2.45, 2.75) is 244 Å². The first-order valence-electron chi connectivity index (χ1n) is 34.7. The van der Waals surface area contributed by atoms with Crippen molar-refractivity contribution in [2.24, 2.45) is 0 Å². The molecule has 0 radical (unpaired) electrons. The van der Waals surface area contributed by atoms with Gasteiger partial charge in [-0.3, -0.25) is 0 Å². The molecule has 0 heterocycles. The van der Waals surface area contributed by atoms with Crippen LogP contribution in [0.1, 0.15) is 0 Å². The van der Waals surface area contributed by atoms with Gasteiger partial charge in [-0.2, -0.15) is 0 Å². The minimum absolute atomic E-state index is 0. The maximum absolute atomic E-state index is 10.1. The summed E-state index contributed by atoms with van der Waals surface area (Å²) in [7, 11) is 0. The molecule has 0 rings (SSSR count). The standard InChI is InChI=1S/10C6H12O7.4K/c10*7-1-2(8)3(9)4(10)5(11)6(12)13;;;;/h10*2-5,7-11H,1H2,(H,12,13);;;;/q;;;;;;;;;;4*+1/p-4/t10*2-,3-,4+,5-;;;;/m1111111111..../s1. The monoisotopic (exact) mass is 2110 g/mol. The Morgan fingerprint density at radius 2 is 0.194 bits per heavy atom. The van der Waals surface area contributed by atoms with Gasteiger partial charge >= 0.3 is 241 Å². The van der Waals surface area contributed by atoms with Gasteiger partial charge in [0.1, 0.15) is 208 Å². The minimum atomic E-state index is -2.31. The van der Waals surface area contributed by atoms with E-state index in [0.717, 1.165) is 0 Å². The van der Waals surface area contributed by atoms with Gasteiger partial charge in [0.25, 0.3) is 0 Å². The molecule has 0 aliphatic heterocycles. The molecule has 70 nitrogen and oxygen atoms in total. The fourth-order valence-corrected chi connectivity index (χ4v) is 6.66. The third-order valence-corrected chi connectivity index (χ3v) is 15.0. The molecule has 56 N–H and O–H groups in total. The number of rotatable bonds is 50. The number of aliphatic hydroxyl groups is 50. The van der Waals surface area contributed by atoms with Crippen LogP contribution in [0, 0.1) is 0 Å². The number of aliphatic hydroxyl groups excluding tert-OH is 50. The van der Waals surface area contributed by atoms with Gasteiger partial charge in [-0.15, -0.1) is 0 Å². The molecule has 0 aromatic carbocycles. The Labute approximate surface area is 918 Å². The first kappa shape index (κ1) is 164. The summed E-state index contributed by atoms with van der Waals surface area (Å²) in [5, 5.41) is 525. The molecule has 40 atom stereocenters. The average Bonchev–Trinajstić information content (AvgIpc) is 0.954. The van der Waals surface area contributed by atoms with E-state index in [1.807, 2.05) is 0 Å². The third-order valence-electron chi connectivity index (χ3n) is 15.0. The summed E-state index contributed by atoms with van der Waals surface area (Å²) in [6, 6.07) is 0. The van der Waals surface area contributed by atoms with Crippen molar-refractivity contribution in [1.29, 1.82) is 0 Å². The Morgan fingerprint density at radius 3 is 0.239 bits per heavy atom. The SMILES string of the molecule is O=C(O)[C@H](O)[C@@H](O)[C@H](O)[C@H](O)CO.O=C(O)[C@H](O)[C@@H](O)[C@H](O)[C@H](O)CO.O=C(O)[C@H](O)[C@@H](O)[C@H](O)[C@H](O)CO.O=C(O)[C@H](O)[C@@H](O)[C@H](O)[C@H](O)CO.O=C(O)[C@H](O)[C@@H](O)[C@H](O)[C@H](O)CO.O=C(O)[C@H](O)[C@@H](O)[C@H](O)[C@H](O)CO.O=C([O-])[C@H](O)[C@@H](O)[C@H](O)[C@H](O)CO.O=C([O-])[C@H](O)[C@@H](O)[C@H](O)[C@H](O)CO.O=C([O-])[C@H](O)[C@@H](O)[C@H](O)[C@H](O)CO.O=C([O-])[C@H](O)[C@@H](O)[C@H](O)[C@H](O)CO.[K+].[K+].[K+].[K+]. The van der Waals surface area contributed by atoms with Crippen LogP contribution in [0.5, 0.6) is 0 Å². The summed E-state index contributed by atoms with van der Waals surface area (Å²) in [4.78, 5) is 100. The van der Waals surface area contributed by atoms with Crippen LogP contribution >= 0.6 is 0 Å². The van der Waals surface area contributed by atoms with Crippen LogP contribution in [-0.4, -0.2) is 656 Å². The number of carbonyl (C=O) groups is 10. The zero-order valence-electron chi connectivity index (χ0n) is 69.9. The van der Waals surface area contributed by atoms with E-state index in [9.17, 15) is 68.4 Å². The van der Waals surface area contributed by atoms with Gasteiger partial charge in [0, 0.05) is 0 Å². The topological polar surface area (TPSA) is 1400 Å². The molecule has 780 valence electrons. The fraction of sp³-hybridized carbons (Fsp3) is 0.833. The summed E-state index contributed by atoms with van der Waals surface area (Å²) in [5.41, 5.74) is 0. The Kier molecular flexibility index (Phi) is 110. The second kappa shape index (κ2) is 89.8. The van der Waals surface area contributed by atoms with Crippen molar-refractivity contribution in [3.05, 3.63) is 0 Å². The molecular weight excluding hydrogens is 2000 g/mol. The van der Waals surface area contributed by atoms with Gasteiger partial charge in [0.2, 0.25) is 0 Å².